The van der Waals surface area contributed by atoms with Gasteiger partial charge in [-0.15, -0.1) is 0 Å². The van der Waals surface area contributed by atoms with Gasteiger partial charge in [-0.05, 0) is 27.2 Å². The standard InChI is InChI=1S/C11H22O4/c1-5-6-11(4,10(12)13)15-8-7-14-9(2)3/h9H,5-8H2,1-4H3,(H,12,13). The minimum atomic E-state index is -1.07. The Labute approximate surface area is 91.6 Å². The summed E-state index contributed by atoms with van der Waals surface area (Å²) in [6, 6.07) is 0. The first kappa shape index (κ1) is 14.4. The van der Waals surface area contributed by atoms with Crippen molar-refractivity contribution in [2.75, 3.05) is 13.2 Å². The molecule has 0 aliphatic carbocycles. The van der Waals surface area contributed by atoms with E-state index in [0.29, 0.717) is 19.6 Å². The highest BCUT2D eigenvalue weighted by Gasteiger charge is 2.32. The summed E-state index contributed by atoms with van der Waals surface area (Å²) in [5, 5.41) is 9.01. The summed E-state index contributed by atoms with van der Waals surface area (Å²) in [6.45, 7) is 8.17. The summed E-state index contributed by atoms with van der Waals surface area (Å²) in [7, 11) is 0. The molecule has 0 aliphatic heterocycles. The topological polar surface area (TPSA) is 55.8 Å². The lowest BCUT2D eigenvalue weighted by molar-refractivity contribution is -0.166. The third-order valence-corrected chi connectivity index (χ3v) is 2.13. The van der Waals surface area contributed by atoms with Gasteiger partial charge in [0.05, 0.1) is 19.3 Å². The molecule has 0 aromatic carbocycles. The fraction of sp³-hybridized carbons (Fsp3) is 0.909. The quantitative estimate of drug-likeness (QED) is 0.634. The van der Waals surface area contributed by atoms with Crippen molar-refractivity contribution in [3.05, 3.63) is 0 Å². The van der Waals surface area contributed by atoms with Crippen molar-refractivity contribution in [2.24, 2.45) is 0 Å². The first-order chi connectivity index (χ1) is 6.92. The number of hydrogen-bond donors (Lipinski definition) is 1. The van der Waals surface area contributed by atoms with E-state index in [1.165, 1.54) is 0 Å². The molecule has 0 aromatic heterocycles. The predicted molar refractivity (Wildman–Crippen MR) is 58.0 cm³/mol. The Bertz CT molecular complexity index is 191. The number of aliphatic carboxylic acids is 1. The van der Waals surface area contributed by atoms with Crippen LogP contribution in [0.2, 0.25) is 0 Å². The molecule has 4 nitrogen and oxygen atoms in total. The first-order valence-corrected chi connectivity index (χ1v) is 5.41. The van der Waals surface area contributed by atoms with Crippen molar-refractivity contribution in [3.63, 3.8) is 0 Å². The third kappa shape index (κ3) is 5.74. The van der Waals surface area contributed by atoms with E-state index in [-0.39, 0.29) is 6.10 Å². The summed E-state index contributed by atoms with van der Waals surface area (Å²) >= 11 is 0. The smallest absolute Gasteiger partial charge is 0.335 e. The van der Waals surface area contributed by atoms with Gasteiger partial charge in [-0.1, -0.05) is 13.3 Å². The predicted octanol–water partition coefficient (Wildman–Crippen LogP) is 2.07. The molecule has 0 heterocycles. The highest BCUT2D eigenvalue weighted by molar-refractivity contribution is 5.76. The number of carboxylic acids is 1. The Morgan fingerprint density at radius 3 is 2.40 bits per heavy atom. The van der Waals surface area contributed by atoms with Gasteiger partial charge in [-0.2, -0.15) is 0 Å². The molecule has 0 amide bonds. The highest BCUT2D eigenvalue weighted by Crippen LogP contribution is 2.17. The molecule has 0 rings (SSSR count). The van der Waals surface area contributed by atoms with E-state index in [2.05, 4.69) is 0 Å². The molecule has 0 radical (unpaired) electrons. The van der Waals surface area contributed by atoms with Gasteiger partial charge in [0.1, 0.15) is 0 Å². The molecule has 0 spiro atoms. The maximum Gasteiger partial charge on any atom is 0.335 e. The van der Waals surface area contributed by atoms with E-state index in [1.807, 2.05) is 20.8 Å². The maximum atomic E-state index is 11.0. The van der Waals surface area contributed by atoms with Gasteiger partial charge in [-0.3, -0.25) is 0 Å². The van der Waals surface area contributed by atoms with Crippen LogP contribution in [0.3, 0.4) is 0 Å². The third-order valence-electron chi connectivity index (χ3n) is 2.13. The Kier molecular flexibility index (Phi) is 6.52. The molecule has 90 valence electrons. The molecule has 0 saturated heterocycles. The lowest BCUT2D eigenvalue weighted by Gasteiger charge is -2.24. The summed E-state index contributed by atoms with van der Waals surface area (Å²) in [5.74, 6) is -0.908. The van der Waals surface area contributed by atoms with Crippen LogP contribution in [0.4, 0.5) is 0 Å². The van der Waals surface area contributed by atoms with Crippen molar-refractivity contribution >= 4 is 5.97 Å². The Hall–Kier alpha value is -0.610. The van der Waals surface area contributed by atoms with E-state index >= 15 is 0 Å². The SMILES string of the molecule is CCCC(C)(OCCOC(C)C)C(=O)O. The van der Waals surface area contributed by atoms with Crippen molar-refractivity contribution < 1.29 is 19.4 Å². The van der Waals surface area contributed by atoms with Crippen LogP contribution < -0.4 is 0 Å². The molecule has 0 saturated carbocycles. The van der Waals surface area contributed by atoms with E-state index < -0.39 is 11.6 Å². The highest BCUT2D eigenvalue weighted by atomic mass is 16.6. The van der Waals surface area contributed by atoms with Crippen LogP contribution in [0.1, 0.15) is 40.5 Å². The van der Waals surface area contributed by atoms with Gasteiger partial charge in [0.15, 0.2) is 5.60 Å². The summed E-state index contributed by atoms with van der Waals surface area (Å²) in [5.41, 5.74) is -1.07. The van der Waals surface area contributed by atoms with Crippen LogP contribution in [-0.2, 0) is 14.3 Å². The Morgan fingerprint density at radius 1 is 1.40 bits per heavy atom. The van der Waals surface area contributed by atoms with Crippen molar-refractivity contribution in [1.82, 2.24) is 0 Å². The van der Waals surface area contributed by atoms with Gasteiger partial charge in [-0.25, -0.2) is 4.79 Å². The molecule has 1 N–H and O–H groups in total. The Morgan fingerprint density at radius 2 is 2.00 bits per heavy atom. The van der Waals surface area contributed by atoms with Gasteiger partial charge in [0, 0.05) is 0 Å². The maximum absolute atomic E-state index is 11.0. The second-order valence-corrected chi connectivity index (χ2v) is 4.05. The van der Waals surface area contributed by atoms with Crippen LogP contribution >= 0.6 is 0 Å². The molecule has 1 atom stereocenters. The molecule has 0 bridgehead atoms. The molecule has 4 heteroatoms. The molecular weight excluding hydrogens is 196 g/mol. The molecule has 15 heavy (non-hydrogen) atoms. The number of ether oxygens (including phenoxy) is 2. The fourth-order valence-corrected chi connectivity index (χ4v) is 1.27. The number of hydrogen-bond acceptors (Lipinski definition) is 3. The van der Waals surface area contributed by atoms with Crippen molar-refractivity contribution in [2.45, 2.75) is 52.2 Å². The van der Waals surface area contributed by atoms with Gasteiger partial charge < -0.3 is 14.6 Å². The lowest BCUT2D eigenvalue weighted by Crippen LogP contribution is -2.39. The zero-order valence-electron chi connectivity index (χ0n) is 10.1. The molecule has 0 aromatic rings. The van der Waals surface area contributed by atoms with E-state index in [1.54, 1.807) is 6.92 Å². The van der Waals surface area contributed by atoms with Gasteiger partial charge in [0.2, 0.25) is 0 Å². The van der Waals surface area contributed by atoms with Crippen LogP contribution in [0.25, 0.3) is 0 Å². The van der Waals surface area contributed by atoms with Crippen LogP contribution in [-0.4, -0.2) is 36.0 Å². The molecule has 1 unspecified atom stereocenters. The van der Waals surface area contributed by atoms with Crippen molar-refractivity contribution in [3.8, 4) is 0 Å². The van der Waals surface area contributed by atoms with E-state index in [4.69, 9.17) is 14.6 Å². The first-order valence-electron chi connectivity index (χ1n) is 5.41. The second-order valence-electron chi connectivity index (χ2n) is 4.05. The largest absolute Gasteiger partial charge is 0.479 e. The normalized spacial score (nSPS) is 15.3. The lowest BCUT2D eigenvalue weighted by atomic mass is 10.0. The minimum Gasteiger partial charge on any atom is -0.479 e. The number of rotatable bonds is 8. The molecular formula is C11H22O4. The zero-order chi connectivity index (χ0) is 11.9. The van der Waals surface area contributed by atoms with Crippen LogP contribution in [0.5, 0.6) is 0 Å². The van der Waals surface area contributed by atoms with Crippen molar-refractivity contribution in [1.29, 1.82) is 0 Å². The summed E-state index contributed by atoms with van der Waals surface area (Å²) in [4.78, 5) is 11.0. The van der Waals surface area contributed by atoms with E-state index in [9.17, 15) is 4.79 Å². The van der Waals surface area contributed by atoms with Gasteiger partial charge in [0.25, 0.3) is 0 Å². The summed E-state index contributed by atoms with van der Waals surface area (Å²) in [6.07, 6.45) is 1.45. The average Bonchev–Trinajstić information content (AvgIpc) is 2.12. The van der Waals surface area contributed by atoms with E-state index in [0.717, 1.165) is 6.42 Å². The summed E-state index contributed by atoms with van der Waals surface area (Å²) < 4.78 is 10.6. The van der Waals surface area contributed by atoms with Crippen LogP contribution in [0.15, 0.2) is 0 Å². The number of carbonyl (C=O) groups is 1. The number of carboxylic acid groups (broad SMARTS) is 1. The van der Waals surface area contributed by atoms with Crippen LogP contribution in [0, 0.1) is 0 Å². The Balaban J connectivity index is 3.92. The minimum absolute atomic E-state index is 0.149. The zero-order valence-corrected chi connectivity index (χ0v) is 10.1. The second kappa shape index (κ2) is 6.80. The fourth-order valence-electron chi connectivity index (χ4n) is 1.27. The van der Waals surface area contributed by atoms with Gasteiger partial charge >= 0.3 is 5.97 Å². The molecule has 0 aliphatic rings. The monoisotopic (exact) mass is 218 g/mol. The average molecular weight is 218 g/mol. The molecule has 0 fully saturated rings.